The average molecular weight is 401 g/mol. The second kappa shape index (κ2) is 8.65. The maximum atomic E-state index is 11.6. The molecule has 0 aromatic heterocycles. The van der Waals surface area contributed by atoms with Crippen molar-refractivity contribution < 1.29 is 8.42 Å². The predicted molar refractivity (Wildman–Crippen MR) is 115 cm³/mol. The van der Waals surface area contributed by atoms with Crippen LogP contribution in [0.4, 0.5) is 5.69 Å². The molecule has 0 aliphatic heterocycles. The van der Waals surface area contributed by atoms with Gasteiger partial charge in [0.1, 0.15) is 0 Å². The molecule has 0 radical (unpaired) electrons. The van der Waals surface area contributed by atoms with E-state index in [0.717, 1.165) is 30.9 Å². The van der Waals surface area contributed by atoms with Gasteiger partial charge >= 0.3 is 0 Å². The predicted octanol–water partition coefficient (Wildman–Crippen LogP) is 2.85. The van der Waals surface area contributed by atoms with Gasteiger partial charge in [0.05, 0.1) is 18.5 Å². The van der Waals surface area contributed by atoms with Gasteiger partial charge in [0, 0.05) is 18.5 Å². The summed E-state index contributed by atoms with van der Waals surface area (Å²) in [4.78, 5) is 4.66. The Labute approximate surface area is 167 Å². The van der Waals surface area contributed by atoms with Gasteiger partial charge < -0.3 is 10.6 Å². The lowest BCUT2D eigenvalue weighted by atomic mass is 9.96. The second-order valence-corrected chi connectivity index (χ2v) is 8.97. The summed E-state index contributed by atoms with van der Waals surface area (Å²) in [5.41, 5.74) is 2.94. The molecule has 150 valence electrons. The first kappa shape index (κ1) is 20.2. The van der Waals surface area contributed by atoms with E-state index < -0.39 is 10.0 Å². The van der Waals surface area contributed by atoms with Crippen molar-refractivity contribution in [1.82, 2.24) is 10.6 Å². The van der Waals surface area contributed by atoms with E-state index in [1.807, 2.05) is 25.1 Å². The molecular formula is C21H28N4O2S. The number of aliphatic imine (C=N–C) groups is 1. The fourth-order valence-electron chi connectivity index (χ4n) is 3.23. The molecule has 1 saturated carbocycles. The van der Waals surface area contributed by atoms with Crippen molar-refractivity contribution >= 4 is 21.7 Å². The van der Waals surface area contributed by atoms with E-state index in [1.165, 1.54) is 18.4 Å². The van der Waals surface area contributed by atoms with Crippen LogP contribution in [0.5, 0.6) is 0 Å². The van der Waals surface area contributed by atoms with Crippen molar-refractivity contribution in [2.45, 2.75) is 31.7 Å². The van der Waals surface area contributed by atoms with Crippen molar-refractivity contribution in [3.63, 3.8) is 0 Å². The van der Waals surface area contributed by atoms with Crippen LogP contribution in [0.15, 0.2) is 59.6 Å². The van der Waals surface area contributed by atoms with Crippen LogP contribution in [0.1, 0.15) is 30.9 Å². The molecule has 0 atom stereocenters. The Kier molecular flexibility index (Phi) is 6.24. The number of hydrogen-bond acceptors (Lipinski definition) is 3. The van der Waals surface area contributed by atoms with Crippen LogP contribution in [0.2, 0.25) is 0 Å². The number of anilines is 1. The SMILES string of the molecule is CCNC(=NCc1ccccc1NS(C)(=O)=O)NCC1(c2ccccc2)CC1. The Bertz CT molecular complexity index is 922. The maximum absolute atomic E-state index is 11.6. The van der Waals surface area contributed by atoms with E-state index >= 15 is 0 Å². The molecule has 28 heavy (non-hydrogen) atoms. The zero-order chi connectivity index (χ0) is 20.0. The van der Waals surface area contributed by atoms with Crippen LogP contribution in [-0.4, -0.2) is 33.7 Å². The van der Waals surface area contributed by atoms with Crippen LogP contribution in [0, 0.1) is 0 Å². The van der Waals surface area contributed by atoms with E-state index in [2.05, 4.69) is 44.6 Å². The molecular weight excluding hydrogens is 372 g/mol. The fourth-order valence-corrected chi connectivity index (χ4v) is 3.83. The highest BCUT2D eigenvalue weighted by Gasteiger charge is 2.43. The number of sulfonamides is 1. The summed E-state index contributed by atoms with van der Waals surface area (Å²) in [5.74, 6) is 0.735. The van der Waals surface area contributed by atoms with E-state index in [9.17, 15) is 8.42 Å². The Hall–Kier alpha value is -2.54. The summed E-state index contributed by atoms with van der Waals surface area (Å²) in [7, 11) is -3.33. The molecule has 1 aliphatic carbocycles. The van der Waals surface area contributed by atoms with Crippen molar-refractivity contribution in [3.8, 4) is 0 Å². The molecule has 0 saturated heterocycles. The van der Waals surface area contributed by atoms with Crippen molar-refractivity contribution in [3.05, 3.63) is 65.7 Å². The Balaban J connectivity index is 1.69. The van der Waals surface area contributed by atoms with Gasteiger partial charge in [-0.1, -0.05) is 48.5 Å². The molecule has 1 fully saturated rings. The lowest BCUT2D eigenvalue weighted by Gasteiger charge is -2.19. The minimum atomic E-state index is -3.33. The number of para-hydroxylation sites is 1. The van der Waals surface area contributed by atoms with Crippen LogP contribution in [0.3, 0.4) is 0 Å². The second-order valence-electron chi connectivity index (χ2n) is 7.23. The number of nitrogens with one attached hydrogen (secondary N) is 3. The molecule has 3 N–H and O–H groups in total. The van der Waals surface area contributed by atoms with E-state index in [1.54, 1.807) is 12.1 Å². The number of hydrogen-bond donors (Lipinski definition) is 3. The fraction of sp³-hybridized carbons (Fsp3) is 0.381. The highest BCUT2D eigenvalue weighted by atomic mass is 32.2. The maximum Gasteiger partial charge on any atom is 0.229 e. The van der Waals surface area contributed by atoms with Gasteiger partial charge in [-0.15, -0.1) is 0 Å². The summed E-state index contributed by atoms with van der Waals surface area (Å²) >= 11 is 0. The van der Waals surface area contributed by atoms with Crippen molar-refractivity contribution in [2.24, 2.45) is 4.99 Å². The smallest absolute Gasteiger partial charge is 0.229 e. The topological polar surface area (TPSA) is 82.6 Å². The summed E-state index contributed by atoms with van der Waals surface area (Å²) in [6.07, 6.45) is 3.49. The van der Waals surface area contributed by atoms with E-state index in [4.69, 9.17) is 0 Å². The normalized spacial score (nSPS) is 15.7. The molecule has 6 nitrogen and oxygen atoms in total. The zero-order valence-electron chi connectivity index (χ0n) is 16.4. The first-order valence-electron chi connectivity index (χ1n) is 9.55. The Morgan fingerprint density at radius 3 is 2.36 bits per heavy atom. The lowest BCUT2D eigenvalue weighted by molar-refractivity contribution is 0.606. The van der Waals surface area contributed by atoms with E-state index in [-0.39, 0.29) is 5.41 Å². The molecule has 0 heterocycles. The van der Waals surface area contributed by atoms with Crippen molar-refractivity contribution in [2.75, 3.05) is 24.1 Å². The van der Waals surface area contributed by atoms with E-state index in [0.29, 0.717) is 12.2 Å². The monoisotopic (exact) mass is 400 g/mol. The van der Waals surface area contributed by atoms with Gasteiger partial charge in [0.25, 0.3) is 0 Å². The lowest BCUT2D eigenvalue weighted by Crippen LogP contribution is -2.41. The number of benzene rings is 2. The van der Waals surface area contributed by atoms with Gasteiger partial charge in [0.15, 0.2) is 5.96 Å². The molecule has 0 amide bonds. The summed E-state index contributed by atoms with van der Waals surface area (Å²) in [5, 5.41) is 6.73. The first-order chi connectivity index (χ1) is 13.4. The summed E-state index contributed by atoms with van der Waals surface area (Å²) in [6, 6.07) is 17.9. The third-order valence-electron chi connectivity index (χ3n) is 4.90. The van der Waals surface area contributed by atoms with Crippen LogP contribution < -0.4 is 15.4 Å². The van der Waals surface area contributed by atoms with Gasteiger partial charge in [-0.05, 0) is 37.0 Å². The number of guanidine groups is 1. The third-order valence-corrected chi connectivity index (χ3v) is 5.49. The van der Waals surface area contributed by atoms with Crippen molar-refractivity contribution in [1.29, 1.82) is 0 Å². The van der Waals surface area contributed by atoms with Crippen LogP contribution in [-0.2, 0) is 22.0 Å². The average Bonchev–Trinajstić information content (AvgIpc) is 3.46. The highest BCUT2D eigenvalue weighted by Crippen LogP contribution is 2.47. The molecule has 2 aromatic carbocycles. The third kappa shape index (κ3) is 5.48. The molecule has 2 aromatic rings. The standard InChI is InChI=1S/C21H28N4O2S/c1-3-22-20(24-16-21(13-14-21)18-10-5-4-6-11-18)23-15-17-9-7-8-12-19(17)25-28(2,26)27/h4-12,25H,3,13-16H2,1-2H3,(H2,22,23,24). The molecule has 7 heteroatoms. The van der Waals surface area contributed by atoms with Gasteiger partial charge in [-0.3, -0.25) is 4.72 Å². The molecule has 3 rings (SSSR count). The molecule has 0 unspecified atom stereocenters. The minimum Gasteiger partial charge on any atom is -0.357 e. The van der Waals surface area contributed by atoms with Gasteiger partial charge in [-0.25, -0.2) is 13.4 Å². The molecule has 0 spiro atoms. The number of nitrogens with zero attached hydrogens (tertiary/aromatic N) is 1. The summed E-state index contributed by atoms with van der Waals surface area (Å²) in [6.45, 7) is 3.99. The number of rotatable bonds is 8. The molecule has 1 aliphatic rings. The zero-order valence-corrected chi connectivity index (χ0v) is 17.2. The minimum absolute atomic E-state index is 0.188. The summed E-state index contributed by atoms with van der Waals surface area (Å²) < 4.78 is 25.7. The Morgan fingerprint density at radius 1 is 1.04 bits per heavy atom. The van der Waals surface area contributed by atoms with Crippen LogP contribution in [0.25, 0.3) is 0 Å². The van der Waals surface area contributed by atoms with Crippen LogP contribution >= 0.6 is 0 Å². The molecule has 0 bridgehead atoms. The first-order valence-corrected chi connectivity index (χ1v) is 11.4. The highest BCUT2D eigenvalue weighted by molar-refractivity contribution is 7.92. The quantitative estimate of drug-likeness (QED) is 0.470. The Morgan fingerprint density at radius 2 is 1.71 bits per heavy atom. The van der Waals surface area contributed by atoms with Gasteiger partial charge in [-0.2, -0.15) is 0 Å². The largest absolute Gasteiger partial charge is 0.357 e. The van der Waals surface area contributed by atoms with Gasteiger partial charge in [0.2, 0.25) is 10.0 Å².